The van der Waals surface area contributed by atoms with E-state index in [0.717, 1.165) is 25.4 Å². The van der Waals surface area contributed by atoms with E-state index >= 15 is 0 Å². The van der Waals surface area contributed by atoms with E-state index in [9.17, 15) is 0 Å². The summed E-state index contributed by atoms with van der Waals surface area (Å²) in [6.45, 7) is 4.44. The molecule has 0 amide bonds. The fourth-order valence-corrected chi connectivity index (χ4v) is 2.88. The van der Waals surface area contributed by atoms with Crippen LogP contribution in [0.1, 0.15) is 38.5 Å². The lowest BCUT2D eigenvalue weighted by Gasteiger charge is -2.33. The molecule has 0 aromatic rings. The van der Waals surface area contributed by atoms with Gasteiger partial charge in [-0.1, -0.05) is 0 Å². The minimum absolute atomic E-state index is 0.384. The van der Waals surface area contributed by atoms with Crippen molar-refractivity contribution in [3.63, 3.8) is 0 Å². The van der Waals surface area contributed by atoms with Crippen LogP contribution in [0.5, 0.6) is 0 Å². The first-order chi connectivity index (χ1) is 7.78. The number of nitrogens with zero attached hydrogens (tertiary/aromatic N) is 2. The summed E-state index contributed by atoms with van der Waals surface area (Å²) in [6.07, 6.45) is 7.10. The maximum Gasteiger partial charge on any atom is 0.0628 e. The summed E-state index contributed by atoms with van der Waals surface area (Å²) >= 11 is 0. The third-order valence-corrected chi connectivity index (χ3v) is 4.25. The number of piperidine rings is 1. The van der Waals surface area contributed by atoms with Gasteiger partial charge in [-0.05, 0) is 63.1 Å². The zero-order valence-electron chi connectivity index (χ0n) is 10.1. The first kappa shape index (κ1) is 11.9. The first-order valence-corrected chi connectivity index (χ1v) is 6.57. The molecule has 1 saturated heterocycles. The summed E-state index contributed by atoms with van der Waals surface area (Å²) in [5, 5.41) is 8.80. The van der Waals surface area contributed by atoms with Crippen molar-refractivity contribution >= 4 is 0 Å². The van der Waals surface area contributed by atoms with Crippen molar-refractivity contribution in [1.82, 2.24) is 4.90 Å². The van der Waals surface area contributed by atoms with Gasteiger partial charge >= 0.3 is 0 Å². The van der Waals surface area contributed by atoms with Crippen molar-refractivity contribution in [2.45, 2.75) is 38.5 Å². The molecule has 90 valence electrons. The Kier molecular flexibility index (Phi) is 3.83. The van der Waals surface area contributed by atoms with Gasteiger partial charge in [0.2, 0.25) is 0 Å². The quantitative estimate of drug-likeness (QED) is 0.769. The lowest BCUT2D eigenvalue weighted by Crippen LogP contribution is -2.38. The van der Waals surface area contributed by atoms with Crippen LogP contribution in [0.4, 0.5) is 0 Å². The van der Waals surface area contributed by atoms with Crippen LogP contribution in [0.3, 0.4) is 0 Å². The molecule has 2 rings (SSSR count). The highest BCUT2D eigenvalue weighted by Crippen LogP contribution is 2.49. The summed E-state index contributed by atoms with van der Waals surface area (Å²) < 4.78 is 0. The highest BCUT2D eigenvalue weighted by Gasteiger charge is 2.43. The maximum absolute atomic E-state index is 8.80. The second-order valence-corrected chi connectivity index (χ2v) is 5.63. The van der Waals surface area contributed by atoms with E-state index in [1.807, 2.05) is 0 Å². The molecule has 0 atom stereocenters. The zero-order chi connectivity index (χ0) is 11.4. The standard InChI is InChI=1S/C13H23N3/c14-7-1-12-2-9-16(10-3-12)11-13(4-5-13)6-8-15/h12H,1-7,9-11,14H2. The molecule has 16 heavy (non-hydrogen) atoms. The van der Waals surface area contributed by atoms with Crippen molar-refractivity contribution in [2.75, 3.05) is 26.2 Å². The summed E-state index contributed by atoms with van der Waals surface area (Å²) in [5.74, 6) is 0.854. The largest absolute Gasteiger partial charge is 0.330 e. The average Bonchev–Trinajstić information content (AvgIpc) is 3.02. The van der Waals surface area contributed by atoms with Crippen molar-refractivity contribution < 1.29 is 0 Å². The van der Waals surface area contributed by atoms with E-state index in [-0.39, 0.29) is 0 Å². The maximum atomic E-state index is 8.80. The molecular formula is C13H23N3. The first-order valence-electron chi connectivity index (χ1n) is 6.57. The third-order valence-electron chi connectivity index (χ3n) is 4.25. The second kappa shape index (κ2) is 5.16. The molecule has 1 heterocycles. The van der Waals surface area contributed by atoms with Crippen LogP contribution >= 0.6 is 0 Å². The molecule has 2 fully saturated rings. The predicted octanol–water partition coefficient (Wildman–Crippen LogP) is 1.74. The van der Waals surface area contributed by atoms with Crippen LogP contribution in [-0.2, 0) is 0 Å². The molecule has 0 radical (unpaired) electrons. The molecule has 3 nitrogen and oxygen atoms in total. The fraction of sp³-hybridized carbons (Fsp3) is 0.923. The average molecular weight is 221 g/mol. The molecule has 1 aliphatic heterocycles. The number of nitriles is 1. The Hall–Kier alpha value is -0.590. The molecule has 2 aliphatic rings. The SMILES string of the molecule is N#CCC1(CN2CCC(CCN)CC2)CC1. The van der Waals surface area contributed by atoms with E-state index in [2.05, 4.69) is 11.0 Å². The van der Waals surface area contributed by atoms with Crippen molar-refractivity contribution in [1.29, 1.82) is 5.26 Å². The molecule has 0 aromatic heterocycles. The van der Waals surface area contributed by atoms with E-state index in [4.69, 9.17) is 11.0 Å². The van der Waals surface area contributed by atoms with E-state index in [1.165, 1.54) is 45.2 Å². The van der Waals surface area contributed by atoms with Gasteiger partial charge in [0.05, 0.1) is 6.07 Å². The fourth-order valence-electron chi connectivity index (χ4n) is 2.88. The zero-order valence-corrected chi connectivity index (χ0v) is 10.1. The Balaban J connectivity index is 1.71. The topological polar surface area (TPSA) is 53.0 Å². The molecular weight excluding hydrogens is 198 g/mol. The highest BCUT2D eigenvalue weighted by atomic mass is 15.1. The third kappa shape index (κ3) is 2.96. The van der Waals surface area contributed by atoms with Gasteiger partial charge in [0.1, 0.15) is 0 Å². The van der Waals surface area contributed by atoms with Gasteiger partial charge < -0.3 is 10.6 Å². The van der Waals surface area contributed by atoms with Crippen LogP contribution < -0.4 is 5.73 Å². The summed E-state index contributed by atoms with van der Waals surface area (Å²) in [4.78, 5) is 2.57. The van der Waals surface area contributed by atoms with Crippen LogP contribution in [0, 0.1) is 22.7 Å². The Morgan fingerprint density at radius 1 is 1.31 bits per heavy atom. The van der Waals surface area contributed by atoms with Gasteiger partial charge in [-0.3, -0.25) is 0 Å². The molecule has 1 aliphatic carbocycles. The predicted molar refractivity (Wildman–Crippen MR) is 64.7 cm³/mol. The molecule has 0 unspecified atom stereocenters. The number of nitrogens with two attached hydrogens (primary N) is 1. The number of likely N-dealkylation sites (tertiary alicyclic amines) is 1. The second-order valence-electron chi connectivity index (χ2n) is 5.63. The summed E-state index contributed by atoms with van der Waals surface area (Å²) in [7, 11) is 0. The minimum Gasteiger partial charge on any atom is -0.330 e. The molecule has 1 saturated carbocycles. The van der Waals surface area contributed by atoms with Gasteiger partial charge in [-0.2, -0.15) is 5.26 Å². The van der Waals surface area contributed by atoms with Crippen molar-refractivity contribution in [2.24, 2.45) is 17.1 Å². The molecule has 0 aromatic carbocycles. The van der Waals surface area contributed by atoms with Crippen molar-refractivity contribution in [3.05, 3.63) is 0 Å². The van der Waals surface area contributed by atoms with E-state index in [1.54, 1.807) is 0 Å². The van der Waals surface area contributed by atoms with Crippen LogP contribution in [-0.4, -0.2) is 31.1 Å². The number of hydrogen-bond acceptors (Lipinski definition) is 3. The summed E-state index contributed by atoms with van der Waals surface area (Å²) in [6, 6.07) is 2.35. The van der Waals surface area contributed by atoms with Gasteiger partial charge in [-0.15, -0.1) is 0 Å². The Bertz CT molecular complexity index is 257. The van der Waals surface area contributed by atoms with E-state index in [0.29, 0.717) is 5.41 Å². The Morgan fingerprint density at radius 2 is 2.00 bits per heavy atom. The molecule has 0 spiro atoms. The molecule has 3 heteroatoms. The minimum atomic E-state index is 0.384. The normalized spacial score (nSPS) is 25.2. The van der Waals surface area contributed by atoms with Gasteiger partial charge in [0.15, 0.2) is 0 Å². The van der Waals surface area contributed by atoms with Crippen LogP contribution in [0.2, 0.25) is 0 Å². The molecule has 2 N–H and O–H groups in total. The summed E-state index contributed by atoms with van der Waals surface area (Å²) in [5.41, 5.74) is 5.98. The van der Waals surface area contributed by atoms with Crippen molar-refractivity contribution in [3.8, 4) is 6.07 Å². The van der Waals surface area contributed by atoms with Gasteiger partial charge in [0, 0.05) is 13.0 Å². The number of rotatable bonds is 5. The lowest BCUT2D eigenvalue weighted by molar-refractivity contribution is 0.151. The van der Waals surface area contributed by atoms with Crippen LogP contribution in [0.15, 0.2) is 0 Å². The Labute approximate surface area is 98.6 Å². The Morgan fingerprint density at radius 3 is 2.50 bits per heavy atom. The van der Waals surface area contributed by atoms with E-state index < -0.39 is 0 Å². The highest BCUT2D eigenvalue weighted by molar-refractivity contribution is 5.01. The smallest absolute Gasteiger partial charge is 0.0628 e. The van der Waals surface area contributed by atoms with Gasteiger partial charge in [0.25, 0.3) is 0 Å². The van der Waals surface area contributed by atoms with Crippen LogP contribution in [0.25, 0.3) is 0 Å². The molecule has 0 bridgehead atoms. The monoisotopic (exact) mass is 221 g/mol. The lowest BCUT2D eigenvalue weighted by atomic mass is 9.92. The number of hydrogen-bond donors (Lipinski definition) is 1. The van der Waals surface area contributed by atoms with Gasteiger partial charge in [-0.25, -0.2) is 0 Å².